The largest absolute Gasteiger partial charge is 0.381 e. The molecule has 2 aromatic heterocycles. The second-order valence-corrected chi connectivity index (χ2v) is 6.51. The maximum atomic E-state index is 11.6. The quantitative estimate of drug-likeness (QED) is 0.553. The molecule has 0 atom stereocenters. The minimum atomic E-state index is -0.108. The second-order valence-electron chi connectivity index (χ2n) is 6.51. The highest BCUT2D eigenvalue weighted by Gasteiger charge is 2.14. The van der Waals surface area contributed by atoms with Crippen LogP contribution in [0.25, 0.3) is 11.1 Å². The monoisotopic (exact) mass is 398 g/mol. The van der Waals surface area contributed by atoms with E-state index in [1.165, 1.54) is 0 Å². The fraction of sp³-hybridized carbons (Fsp3) is 0.381. The Morgan fingerprint density at radius 1 is 1.31 bits per heavy atom. The lowest BCUT2D eigenvalue weighted by atomic mass is 10.1. The molecule has 2 aromatic rings. The maximum absolute atomic E-state index is 11.6. The first-order valence-corrected chi connectivity index (χ1v) is 9.85. The third-order valence-electron chi connectivity index (χ3n) is 4.43. The molecule has 29 heavy (non-hydrogen) atoms. The Labute approximate surface area is 171 Å². The number of anilines is 2. The van der Waals surface area contributed by atoms with E-state index in [0.717, 1.165) is 42.9 Å². The molecule has 0 bridgehead atoms. The predicted octanol–water partition coefficient (Wildman–Crippen LogP) is 2.03. The van der Waals surface area contributed by atoms with Crippen LogP contribution in [0.5, 0.6) is 0 Å². The molecule has 1 fully saturated rings. The number of pyridine rings is 2. The van der Waals surface area contributed by atoms with E-state index in [0.29, 0.717) is 18.8 Å². The summed E-state index contributed by atoms with van der Waals surface area (Å²) in [6.45, 7) is 4.93. The lowest BCUT2D eigenvalue weighted by molar-refractivity contribution is -0.125. The molecule has 0 radical (unpaired) electrons. The van der Waals surface area contributed by atoms with Gasteiger partial charge in [-0.1, -0.05) is 6.08 Å². The van der Waals surface area contributed by atoms with Crippen molar-refractivity contribution >= 4 is 17.4 Å². The SMILES string of the molecule is CCNc1cc(-c2ccnc(NC)c2)c[nH]c1=O.NC/C=C/C(=O)N1CCCC1. The highest BCUT2D eigenvalue weighted by atomic mass is 16.2. The van der Waals surface area contributed by atoms with Gasteiger partial charge in [0.05, 0.1) is 0 Å². The molecular weight excluding hydrogens is 368 g/mol. The van der Waals surface area contributed by atoms with Gasteiger partial charge >= 0.3 is 0 Å². The standard InChI is InChI=1S/C13H16N4O.C8H14N2O/c1-3-15-11-6-10(8-17-13(11)18)9-4-5-16-12(7-9)14-2;9-5-3-4-8(11)10-6-1-2-7-10/h4-8,15H,3H2,1-2H3,(H,14,16)(H,17,18);3-4H,1-2,5-7,9H2/b;4-3+. The minimum absolute atomic E-state index is 0.105. The Morgan fingerprint density at radius 3 is 2.72 bits per heavy atom. The van der Waals surface area contributed by atoms with Crippen molar-refractivity contribution in [3.8, 4) is 11.1 Å². The van der Waals surface area contributed by atoms with Crippen molar-refractivity contribution in [1.29, 1.82) is 0 Å². The first kappa shape index (κ1) is 22.2. The molecule has 0 unspecified atom stereocenters. The third-order valence-corrected chi connectivity index (χ3v) is 4.43. The number of aromatic amines is 1. The fourth-order valence-corrected chi connectivity index (χ4v) is 2.93. The van der Waals surface area contributed by atoms with Gasteiger partial charge in [0.15, 0.2) is 0 Å². The van der Waals surface area contributed by atoms with E-state index in [1.807, 2.05) is 37.1 Å². The Hall–Kier alpha value is -3.13. The summed E-state index contributed by atoms with van der Waals surface area (Å²) in [5.74, 6) is 0.900. The molecule has 5 N–H and O–H groups in total. The third kappa shape index (κ3) is 6.76. The molecular formula is C21H30N6O2. The molecule has 0 aromatic carbocycles. The van der Waals surface area contributed by atoms with Crippen LogP contribution in [0.4, 0.5) is 11.5 Å². The van der Waals surface area contributed by atoms with Crippen LogP contribution in [0.15, 0.2) is 47.5 Å². The van der Waals surface area contributed by atoms with Crippen LogP contribution in [-0.2, 0) is 4.79 Å². The number of H-pyrrole nitrogens is 1. The molecule has 0 aliphatic carbocycles. The molecule has 0 spiro atoms. The van der Waals surface area contributed by atoms with Crippen LogP contribution >= 0.6 is 0 Å². The fourth-order valence-electron chi connectivity index (χ4n) is 2.93. The van der Waals surface area contributed by atoms with Crippen LogP contribution in [0.2, 0.25) is 0 Å². The molecule has 8 nitrogen and oxygen atoms in total. The lowest BCUT2D eigenvalue weighted by Gasteiger charge is -2.11. The second kappa shape index (κ2) is 11.7. The van der Waals surface area contributed by atoms with Crippen LogP contribution in [-0.4, -0.2) is 54.0 Å². The summed E-state index contributed by atoms with van der Waals surface area (Å²) in [7, 11) is 1.82. The Balaban J connectivity index is 0.000000234. The number of nitrogens with two attached hydrogens (primary N) is 1. The minimum Gasteiger partial charge on any atom is -0.381 e. The summed E-state index contributed by atoms with van der Waals surface area (Å²) in [5.41, 5.74) is 7.64. The van der Waals surface area contributed by atoms with Crippen molar-refractivity contribution in [3.05, 3.63) is 53.1 Å². The number of hydrogen-bond acceptors (Lipinski definition) is 6. The number of likely N-dealkylation sites (tertiary alicyclic amines) is 1. The summed E-state index contributed by atoms with van der Waals surface area (Å²) < 4.78 is 0. The number of aromatic nitrogens is 2. The van der Waals surface area contributed by atoms with E-state index in [4.69, 9.17) is 5.73 Å². The van der Waals surface area contributed by atoms with Gasteiger partial charge in [-0.2, -0.15) is 0 Å². The first-order valence-electron chi connectivity index (χ1n) is 9.85. The summed E-state index contributed by atoms with van der Waals surface area (Å²) in [6.07, 6.45) is 8.98. The molecule has 1 saturated heterocycles. The van der Waals surface area contributed by atoms with Gasteiger partial charge in [-0.05, 0) is 43.5 Å². The number of carbonyl (C=O) groups is 1. The predicted molar refractivity (Wildman–Crippen MR) is 118 cm³/mol. The average Bonchev–Trinajstić information content (AvgIpc) is 3.29. The molecule has 3 heterocycles. The summed E-state index contributed by atoms with van der Waals surface area (Å²) >= 11 is 0. The van der Waals surface area contributed by atoms with Gasteiger partial charge < -0.3 is 26.3 Å². The summed E-state index contributed by atoms with van der Waals surface area (Å²) in [6, 6.07) is 5.69. The van der Waals surface area contributed by atoms with E-state index in [2.05, 4.69) is 20.6 Å². The van der Waals surface area contributed by atoms with E-state index in [1.54, 1.807) is 24.5 Å². The van der Waals surface area contributed by atoms with E-state index >= 15 is 0 Å². The van der Waals surface area contributed by atoms with Gasteiger partial charge in [0.2, 0.25) is 5.91 Å². The van der Waals surface area contributed by atoms with Crippen molar-refractivity contribution < 1.29 is 4.79 Å². The van der Waals surface area contributed by atoms with Crippen LogP contribution in [0, 0.1) is 0 Å². The number of hydrogen-bond donors (Lipinski definition) is 4. The van der Waals surface area contributed by atoms with Crippen molar-refractivity contribution in [3.63, 3.8) is 0 Å². The number of nitrogens with one attached hydrogen (secondary N) is 3. The van der Waals surface area contributed by atoms with Gasteiger partial charge in [-0.25, -0.2) is 4.98 Å². The molecule has 3 rings (SSSR count). The highest BCUT2D eigenvalue weighted by Crippen LogP contribution is 2.21. The zero-order valence-electron chi connectivity index (χ0n) is 17.1. The molecule has 1 amide bonds. The first-order chi connectivity index (χ1) is 14.1. The molecule has 1 aliphatic heterocycles. The Bertz CT molecular complexity index is 871. The Kier molecular flexibility index (Phi) is 8.91. The molecule has 0 saturated carbocycles. The van der Waals surface area contributed by atoms with E-state index < -0.39 is 0 Å². The van der Waals surface area contributed by atoms with Crippen molar-refractivity contribution in [2.45, 2.75) is 19.8 Å². The van der Waals surface area contributed by atoms with Gasteiger partial charge in [0.1, 0.15) is 11.5 Å². The van der Waals surface area contributed by atoms with Crippen LogP contribution in [0.3, 0.4) is 0 Å². The van der Waals surface area contributed by atoms with Crippen LogP contribution in [0.1, 0.15) is 19.8 Å². The smallest absolute Gasteiger partial charge is 0.271 e. The number of carbonyl (C=O) groups excluding carboxylic acids is 1. The summed E-state index contributed by atoms with van der Waals surface area (Å²) in [4.78, 5) is 31.5. The molecule has 8 heteroatoms. The van der Waals surface area contributed by atoms with Crippen molar-refractivity contribution in [1.82, 2.24) is 14.9 Å². The van der Waals surface area contributed by atoms with Crippen LogP contribution < -0.4 is 21.9 Å². The molecule has 1 aliphatic rings. The van der Waals surface area contributed by atoms with Crippen molar-refractivity contribution in [2.24, 2.45) is 5.73 Å². The van der Waals surface area contributed by atoms with E-state index in [9.17, 15) is 9.59 Å². The number of rotatable bonds is 6. The summed E-state index contributed by atoms with van der Waals surface area (Å²) in [5, 5.41) is 6.03. The zero-order valence-corrected chi connectivity index (χ0v) is 17.1. The zero-order chi connectivity index (χ0) is 21.1. The topological polar surface area (TPSA) is 116 Å². The highest BCUT2D eigenvalue weighted by molar-refractivity contribution is 5.87. The molecule has 156 valence electrons. The Morgan fingerprint density at radius 2 is 2.07 bits per heavy atom. The number of nitrogens with zero attached hydrogens (tertiary/aromatic N) is 2. The average molecular weight is 399 g/mol. The van der Waals surface area contributed by atoms with E-state index in [-0.39, 0.29) is 11.5 Å². The normalized spacial score (nSPS) is 13.1. The van der Waals surface area contributed by atoms with Crippen molar-refractivity contribution in [2.75, 3.05) is 43.9 Å². The van der Waals surface area contributed by atoms with Gasteiger partial charge in [-0.15, -0.1) is 0 Å². The maximum Gasteiger partial charge on any atom is 0.271 e. The van der Waals surface area contributed by atoms with Gasteiger partial charge in [0.25, 0.3) is 5.56 Å². The number of amides is 1. The van der Waals surface area contributed by atoms with Gasteiger partial charge in [0, 0.05) is 57.3 Å². The van der Waals surface area contributed by atoms with Gasteiger partial charge in [-0.3, -0.25) is 9.59 Å². The lowest BCUT2D eigenvalue weighted by Crippen LogP contribution is -2.25.